The molecular formula is C15H15ClN2OS. The third-order valence-corrected chi connectivity index (χ3v) is 3.49. The second kappa shape index (κ2) is 6.59. The molecule has 2 aromatic carbocycles. The van der Waals surface area contributed by atoms with Crippen LogP contribution in [-0.2, 0) is 6.54 Å². The van der Waals surface area contributed by atoms with Crippen LogP contribution in [0.1, 0.15) is 11.1 Å². The van der Waals surface area contributed by atoms with Crippen molar-refractivity contribution in [3.8, 4) is 5.75 Å². The zero-order valence-corrected chi connectivity index (χ0v) is 12.6. The first-order valence-electron chi connectivity index (χ1n) is 6.15. The summed E-state index contributed by atoms with van der Waals surface area (Å²) in [7, 11) is 0. The Bertz CT molecular complexity index is 631. The van der Waals surface area contributed by atoms with Crippen molar-refractivity contribution in [2.45, 2.75) is 13.5 Å². The summed E-state index contributed by atoms with van der Waals surface area (Å²) in [4.78, 5) is 0. The lowest BCUT2D eigenvalue weighted by atomic mass is 10.1. The van der Waals surface area contributed by atoms with E-state index in [4.69, 9.17) is 23.8 Å². The van der Waals surface area contributed by atoms with Crippen LogP contribution in [0.4, 0.5) is 5.69 Å². The molecule has 2 rings (SSSR count). The number of phenols is 1. The summed E-state index contributed by atoms with van der Waals surface area (Å²) >= 11 is 11.0. The van der Waals surface area contributed by atoms with Crippen LogP contribution in [-0.4, -0.2) is 10.2 Å². The first kappa shape index (κ1) is 14.6. The van der Waals surface area contributed by atoms with Crippen LogP contribution in [0.3, 0.4) is 0 Å². The lowest BCUT2D eigenvalue weighted by Crippen LogP contribution is -2.28. The highest BCUT2D eigenvalue weighted by Gasteiger charge is 2.06. The van der Waals surface area contributed by atoms with Gasteiger partial charge in [0.1, 0.15) is 0 Å². The van der Waals surface area contributed by atoms with Gasteiger partial charge in [-0.2, -0.15) is 0 Å². The van der Waals surface area contributed by atoms with Gasteiger partial charge in [-0.05, 0) is 42.4 Å². The van der Waals surface area contributed by atoms with Crippen LogP contribution >= 0.6 is 23.8 Å². The molecule has 0 spiro atoms. The molecule has 3 nitrogen and oxygen atoms in total. The second-order valence-corrected chi connectivity index (χ2v) is 5.19. The average Bonchev–Trinajstić information content (AvgIpc) is 2.43. The van der Waals surface area contributed by atoms with Crippen molar-refractivity contribution >= 4 is 34.6 Å². The number of rotatable bonds is 3. The van der Waals surface area contributed by atoms with E-state index in [1.54, 1.807) is 18.2 Å². The summed E-state index contributed by atoms with van der Waals surface area (Å²) in [5, 5.41) is 16.5. The Morgan fingerprint density at radius 2 is 1.95 bits per heavy atom. The number of aromatic hydroxyl groups is 1. The molecule has 0 saturated carbocycles. The number of para-hydroxylation sites is 1. The largest absolute Gasteiger partial charge is 0.504 e. The Morgan fingerprint density at radius 3 is 2.70 bits per heavy atom. The summed E-state index contributed by atoms with van der Waals surface area (Å²) in [5.41, 5.74) is 2.86. The molecule has 5 heteroatoms. The maximum absolute atomic E-state index is 9.79. The lowest BCUT2D eigenvalue weighted by molar-refractivity contribution is 0.478. The topological polar surface area (TPSA) is 44.3 Å². The van der Waals surface area contributed by atoms with E-state index in [0.29, 0.717) is 17.3 Å². The molecule has 0 fully saturated rings. The van der Waals surface area contributed by atoms with Gasteiger partial charge in [-0.25, -0.2) is 0 Å². The quantitative estimate of drug-likeness (QED) is 0.595. The normalized spacial score (nSPS) is 10.1. The summed E-state index contributed by atoms with van der Waals surface area (Å²) < 4.78 is 0. The Balaban J connectivity index is 1.96. The van der Waals surface area contributed by atoms with E-state index < -0.39 is 0 Å². The SMILES string of the molecule is Cc1ccccc1CNC(=S)Nc1cccc(Cl)c1O. The van der Waals surface area contributed by atoms with E-state index in [2.05, 4.69) is 23.6 Å². The van der Waals surface area contributed by atoms with E-state index in [9.17, 15) is 5.11 Å². The van der Waals surface area contributed by atoms with Crippen LogP contribution in [0.25, 0.3) is 0 Å². The fraction of sp³-hybridized carbons (Fsp3) is 0.133. The molecule has 0 aliphatic carbocycles. The molecule has 0 aliphatic rings. The van der Waals surface area contributed by atoms with Crippen molar-refractivity contribution in [3.05, 3.63) is 58.6 Å². The predicted octanol–water partition coefficient (Wildman–Crippen LogP) is 3.84. The smallest absolute Gasteiger partial charge is 0.171 e. The Hall–Kier alpha value is -1.78. The number of nitrogens with one attached hydrogen (secondary N) is 2. The number of benzene rings is 2. The number of hydrogen-bond acceptors (Lipinski definition) is 2. The highest BCUT2D eigenvalue weighted by molar-refractivity contribution is 7.80. The van der Waals surface area contributed by atoms with Gasteiger partial charge in [0.05, 0.1) is 10.7 Å². The molecule has 0 bridgehead atoms. The molecule has 0 saturated heterocycles. The summed E-state index contributed by atoms with van der Waals surface area (Å²) in [6, 6.07) is 13.2. The molecule has 20 heavy (non-hydrogen) atoms. The first-order chi connectivity index (χ1) is 9.58. The maximum Gasteiger partial charge on any atom is 0.171 e. The van der Waals surface area contributed by atoms with Crippen LogP contribution in [0.15, 0.2) is 42.5 Å². The fourth-order valence-corrected chi connectivity index (χ4v) is 2.12. The molecule has 0 aromatic heterocycles. The lowest BCUT2D eigenvalue weighted by Gasteiger charge is -2.13. The van der Waals surface area contributed by atoms with Crippen molar-refractivity contribution in [1.82, 2.24) is 5.32 Å². The zero-order valence-electron chi connectivity index (χ0n) is 11.0. The molecule has 3 N–H and O–H groups in total. The maximum atomic E-state index is 9.79. The van der Waals surface area contributed by atoms with Crippen LogP contribution < -0.4 is 10.6 Å². The minimum absolute atomic E-state index is 0.00536. The highest BCUT2D eigenvalue weighted by Crippen LogP contribution is 2.30. The number of aryl methyl sites for hydroxylation is 1. The van der Waals surface area contributed by atoms with Gasteiger partial charge >= 0.3 is 0 Å². The molecule has 0 atom stereocenters. The predicted molar refractivity (Wildman–Crippen MR) is 87.4 cm³/mol. The minimum Gasteiger partial charge on any atom is -0.504 e. The monoisotopic (exact) mass is 306 g/mol. The Labute approximate surface area is 128 Å². The van der Waals surface area contributed by atoms with Crippen molar-refractivity contribution in [2.24, 2.45) is 0 Å². The van der Waals surface area contributed by atoms with E-state index in [1.807, 2.05) is 18.2 Å². The van der Waals surface area contributed by atoms with Crippen molar-refractivity contribution in [1.29, 1.82) is 0 Å². The van der Waals surface area contributed by atoms with Gasteiger partial charge in [0.15, 0.2) is 10.9 Å². The van der Waals surface area contributed by atoms with Crippen LogP contribution in [0, 0.1) is 6.92 Å². The standard InChI is InChI=1S/C15H15ClN2OS/c1-10-5-2-3-6-11(10)9-17-15(20)18-13-8-4-7-12(16)14(13)19/h2-8,19H,9H2,1H3,(H2,17,18,20). The zero-order chi connectivity index (χ0) is 14.5. The van der Waals surface area contributed by atoms with Gasteiger partial charge in [-0.1, -0.05) is 41.9 Å². The first-order valence-corrected chi connectivity index (χ1v) is 6.93. The van der Waals surface area contributed by atoms with Crippen LogP contribution in [0.5, 0.6) is 5.75 Å². The molecule has 0 unspecified atom stereocenters. The van der Waals surface area contributed by atoms with E-state index >= 15 is 0 Å². The number of anilines is 1. The van der Waals surface area contributed by atoms with Gasteiger partial charge in [0, 0.05) is 6.54 Å². The number of halogens is 1. The molecule has 0 aliphatic heterocycles. The van der Waals surface area contributed by atoms with Gasteiger partial charge in [0.2, 0.25) is 0 Å². The van der Waals surface area contributed by atoms with Crippen molar-refractivity contribution < 1.29 is 5.11 Å². The number of phenolic OH excluding ortho intramolecular Hbond substituents is 1. The number of thiocarbonyl (C=S) groups is 1. The third-order valence-electron chi connectivity index (χ3n) is 2.94. The van der Waals surface area contributed by atoms with Gasteiger partial charge in [-0.3, -0.25) is 0 Å². The molecular weight excluding hydrogens is 292 g/mol. The van der Waals surface area contributed by atoms with Gasteiger partial charge in [0.25, 0.3) is 0 Å². The summed E-state index contributed by atoms with van der Waals surface area (Å²) in [6.45, 7) is 2.68. The molecule has 0 amide bonds. The Kier molecular flexibility index (Phi) is 4.82. The summed E-state index contributed by atoms with van der Waals surface area (Å²) in [5.74, 6) is -0.00536. The summed E-state index contributed by atoms with van der Waals surface area (Å²) in [6.07, 6.45) is 0. The molecule has 0 radical (unpaired) electrons. The van der Waals surface area contributed by atoms with Gasteiger partial charge in [-0.15, -0.1) is 0 Å². The Morgan fingerprint density at radius 1 is 1.20 bits per heavy atom. The van der Waals surface area contributed by atoms with E-state index in [-0.39, 0.29) is 10.8 Å². The molecule has 0 heterocycles. The minimum atomic E-state index is -0.00536. The second-order valence-electron chi connectivity index (χ2n) is 4.37. The van der Waals surface area contributed by atoms with E-state index in [1.165, 1.54) is 11.1 Å². The molecule has 2 aromatic rings. The molecule has 104 valence electrons. The average molecular weight is 307 g/mol. The van der Waals surface area contributed by atoms with Crippen molar-refractivity contribution in [2.75, 3.05) is 5.32 Å². The fourth-order valence-electron chi connectivity index (χ4n) is 1.77. The van der Waals surface area contributed by atoms with Crippen molar-refractivity contribution in [3.63, 3.8) is 0 Å². The van der Waals surface area contributed by atoms with Gasteiger partial charge < -0.3 is 15.7 Å². The van der Waals surface area contributed by atoms with Crippen LogP contribution in [0.2, 0.25) is 5.02 Å². The van der Waals surface area contributed by atoms with E-state index in [0.717, 1.165) is 0 Å². The number of hydrogen-bond donors (Lipinski definition) is 3. The highest BCUT2D eigenvalue weighted by atomic mass is 35.5. The third kappa shape index (κ3) is 3.62.